The van der Waals surface area contributed by atoms with Crippen molar-refractivity contribution in [1.29, 1.82) is 0 Å². The van der Waals surface area contributed by atoms with E-state index in [-0.39, 0.29) is 18.1 Å². The molecule has 0 aliphatic heterocycles. The molecule has 1 aliphatic carbocycles. The first kappa shape index (κ1) is 11.7. The molecule has 0 aromatic rings. The van der Waals surface area contributed by atoms with Crippen LogP contribution in [0.4, 0.5) is 0 Å². The van der Waals surface area contributed by atoms with Gasteiger partial charge in [-0.2, -0.15) is 0 Å². The lowest BCUT2D eigenvalue weighted by Gasteiger charge is -2.25. The number of hydrogen-bond donors (Lipinski definition) is 1. The van der Waals surface area contributed by atoms with E-state index in [2.05, 4.69) is 25.8 Å². The van der Waals surface area contributed by atoms with E-state index in [0.717, 1.165) is 5.92 Å². The third-order valence-electron chi connectivity index (χ3n) is 2.26. The van der Waals surface area contributed by atoms with Crippen LogP contribution < -0.4 is 0 Å². The third-order valence-corrected chi connectivity index (χ3v) is 2.26. The second kappa shape index (κ2) is 4.92. The first-order valence-electron chi connectivity index (χ1n) is 4.90. The molecule has 0 aromatic carbocycles. The lowest BCUT2D eigenvalue weighted by Crippen LogP contribution is -2.28. The van der Waals surface area contributed by atoms with Crippen molar-refractivity contribution in [1.82, 2.24) is 0 Å². The van der Waals surface area contributed by atoms with Gasteiger partial charge in [-0.1, -0.05) is 20.8 Å². The Balaban J connectivity index is 2.46. The fourth-order valence-corrected chi connectivity index (χ4v) is 1.20. The second-order valence-electron chi connectivity index (χ2n) is 4.56. The molecule has 1 rings (SSSR count). The fraction of sp³-hybridized carbons (Fsp3) is 0.500. The predicted octanol–water partition coefficient (Wildman–Crippen LogP) is 1.87. The minimum absolute atomic E-state index is 0.0117. The maximum Gasteiger partial charge on any atom is 0.0774 e. The van der Waals surface area contributed by atoms with Crippen LogP contribution >= 0.6 is 0 Å². The van der Waals surface area contributed by atoms with Gasteiger partial charge in [-0.05, 0) is 31.1 Å². The molecule has 0 aromatic heterocycles. The largest absolute Gasteiger partial charge is 0.394 e. The van der Waals surface area contributed by atoms with E-state index in [1.807, 2.05) is 31.9 Å². The Kier molecular flexibility index (Phi) is 4.11. The van der Waals surface area contributed by atoms with Crippen LogP contribution in [0.2, 0.25) is 0 Å². The average molecular weight is 192 g/mol. The lowest BCUT2D eigenvalue weighted by atomic mass is 9.87. The van der Waals surface area contributed by atoms with Crippen LogP contribution in [0.15, 0.2) is 4.99 Å². The van der Waals surface area contributed by atoms with Crippen LogP contribution in [0.25, 0.3) is 0 Å². The Bertz CT molecular complexity index is 187. The lowest BCUT2D eigenvalue weighted by molar-refractivity contribution is 0.191. The summed E-state index contributed by atoms with van der Waals surface area (Å²) in [5.74, 6) is 1.09. The van der Waals surface area contributed by atoms with Crippen molar-refractivity contribution in [3.05, 3.63) is 31.6 Å². The van der Waals surface area contributed by atoms with Gasteiger partial charge in [-0.15, -0.1) is 0 Å². The summed E-state index contributed by atoms with van der Waals surface area (Å²) in [6.45, 7) is 6.34. The van der Waals surface area contributed by atoms with E-state index in [0.29, 0.717) is 0 Å². The number of hydrogen-bond acceptors (Lipinski definition) is 2. The molecular weight excluding hydrogens is 174 g/mol. The zero-order valence-corrected chi connectivity index (χ0v) is 9.07. The molecule has 1 saturated carbocycles. The summed E-state index contributed by atoms with van der Waals surface area (Å²) in [5.41, 5.74) is 0.0117. The Labute approximate surface area is 87.4 Å². The van der Waals surface area contributed by atoms with Gasteiger partial charge < -0.3 is 5.11 Å². The van der Waals surface area contributed by atoms with E-state index < -0.39 is 0 Å². The van der Waals surface area contributed by atoms with Crippen molar-refractivity contribution in [3.8, 4) is 0 Å². The SMILES string of the molecule is CC(C)(C)[C@@H](CO)N=C[C]1[CH][CH][CH][CH]1. The van der Waals surface area contributed by atoms with E-state index in [4.69, 9.17) is 0 Å². The van der Waals surface area contributed by atoms with Crippen LogP contribution in [-0.4, -0.2) is 24.0 Å². The summed E-state index contributed by atoms with van der Waals surface area (Å²) in [6, 6.07) is -0.0302. The first-order valence-corrected chi connectivity index (χ1v) is 4.90. The van der Waals surface area contributed by atoms with Gasteiger partial charge in [-0.25, -0.2) is 0 Å². The zero-order chi connectivity index (χ0) is 10.6. The maximum atomic E-state index is 9.18. The molecule has 0 heterocycles. The number of aliphatic hydroxyl groups excluding tert-OH is 1. The molecule has 2 nitrogen and oxygen atoms in total. The van der Waals surface area contributed by atoms with E-state index in [1.54, 1.807) is 0 Å². The molecule has 0 unspecified atom stereocenters. The molecule has 1 N–H and O–H groups in total. The Morgan fingerprint density at radius 2 is 1.93 bits per heavy atom. The van der Waals surface area contributed by atoms with Crippen molar-refractivity contribution in [2.45, 2.75) is 26.8 Å². The first-order chi connectivity index (χ1) is 6.54. The molecule has 1 fully saturated rings. The highest BCUT2D eigenvalue weighted by Gasteiger charge is 2.23. The maximum absolute atomic E-state index is 9.18. The van der Waals surface area contributed by atoms with Crippen LogP contribution in [0, 0.1) is 37.0 Å². The molecule has 77 valence electrons. The highest BCUT2D eigenvalue weighted by atomic mass is 16.3. The van der Waals surface area contributed by atoms with E-state index >= 15 is 0 Å². The summed E-state index contributed by atoms with van der Waals surface area (Å²) in [4.78, 5) is 4.38. The minimum atomic E-state index is -0.0302. The molecule has 0 bridgehead atoms. The van der Waals surface area contributed by atoms with Crippen LogP contribution in [-0.2, 0) is 0 Å². The van der Waals surface area contributed by atoms with Crippen molar-refractivity contribution in [3.63, 3.8) is 0 Å². The van der Waals surface area contributed by atoms with E-state index in [1.165, 1.54) is 0 Å². The fourth-order valence-electron chi connectivity index (χ4n) is 1.20. The molecule has 0 amide bonds. The van der Waals surface area contributed by atoms with Crippen LogP contribution in [0.5, 0.6) is 0 Å². The normalized spacial score (nSPS) is 22.0. The quantitative estimate of drug-likeness (QED) is 0.680. The zero-order valence-electron chi connectivity index (χ0n) is 9.07. The van der Waals surface area contributed by atoms with Crippen LogP contribution in [0.1, 0.15) is 20.8 Å². The Hall–Kier alpha value is -0.370. The van der Waals surface area contributed by atoms with Gasteiger partial charge in [0.2, 0.25) is 0 Å². The van der Waals surface area contributed by atoms with Gasteiger partial charge in [0.15, 0.2) is 0 Å². The number of nitrogens with zero attached hydrogens (tertiary/aromatic N) is 1. The van der Waals surface area contributed by atoms with Gasteiger partial charge in [-0.3, -0.25) is 4.99 Å². The highest BCUT2D eigenvalue weighted by molar-refractivity contribution is 5.82. The van der Waals surface area contributed by atoms with E-state index in [9.17, 15) is 5.11 Å². The monoisotopic (exact) mass is 192 g/mol. The smallest absolute Gasteiger partial charge is 0.0774 e. The average Bonchev–Trinajstić information content (AvgIpc) is 2.55. The van der Waals surface area contributed by atoms with Gasteiger partial charge in [0.05, 0.1) is 12.6 Å². The van der Waals surface area contributed by atoms with Crippen LogP contribution in [0.3, 0.4) is 0 Å². The topological polar surface area (TPSA) is 32.6 Å². The summed E-state index contributed by atoms with van der Waals surface area (Å²) in [7, 11) is 0. The number of rotatable bonds is 3. The van der Waals surface area contributed by atoms with Gasteiger partial charge >= 0.3 is 0 Å². The molecule has 1 atom stereocenters. The minimum Gasteiger partial charge on any atom is -0.394 e. The van der Waals surface area contributed by atoms with Crippen molar-refractivity contribution in [2.24, 2.45) is 10.4 Å². The summed E-state index contributed by atoms with van der Waals surface area (Å²) < 4.78 is 0. The standard InChI is InChI=1S/C12H18NO/c1-12(2,3)11(9-14)13-8-10-6-4-5-7-10/h4-8,11,14H,9H2,1-3H3/t11-/m1/s1. The summed E-state index contributed by atoms with van der Waals surface area (Å²) in [6.07, 6.45) is 9.78. The summed E-state index contributed by atoms with van der Waals surface area (Å²) in [5, 5.41) is 9.18. The Morgan fingerprint density at radius 1 is 1.36 bits per heavy atom. The van der Waals surface area contributed by atoms with Gasteiger partial charge in [0, 0.05) is 12.1 Å². The molecule has 1 aliphatic rings. The molecule has 0 saturated heterocycles. The number of aliphatic hydroxyl groups is 1. The van der Waals surface area contributed by atoms with Gasteiger partial charge in [0.1, 0.15) is 0 Å². The van der Waals surface area contributed by atoms with Crippen molar-refractivity contribution < 1.29 is 5.11 Å². The van der Waals surface area contributed by atoms with Gasteiger partial charge in [0.25, 0.3) is 0 Å². The molecule has 2 heteroatoms. The molecule has 0 spiro atoms. The molecular formula is C12H18NO. The van der Waals surface area contributed by atoms with Crippen molar-refractivity contribution in [2.75, 3.05) is 6.61 Å². The number of aliphatic imine (C=N–C) groups is 1. The summed E-state index contributed by atoms with van der Waals surface area (Å²) >= 11 is 0. The van der Waals surface area contributed by atoms with Crippen molar-refractivity contribution >= 4 is 6.21 Å². The Morgan fingerprint density at radius 3 is 2.36 bits per heavy atom. The molecule has 14 heavy (non-hydrogen) atoms. The second-order valence-corrected chi connectivity index (χ2v) is 4.56. The molecule has 5 radical (unpaired) electrons. The predicted molar refractivity (Wildman–Crippen MR) is 59.3 cm³/mol. The third kappa shape index (κ3) is 3.41. The highest BCUT2D eigenvalue weighted by Crippen LogP contribution is 2.24.